The predicted molar refractivity (Wildman–Crippen MR) is 100 cm³/mol. The van der Waals surface area contributed by atoms with Crippen molar-refractivity contribution in [1.29, 1.82) is 0 Å². The molecule has 7 nitrogen and oxygen atoms in total. The molecule has 0 bridgehead atoms. The van der Waals surface area contributed by atoms with Crippen LogP contribution >= 0.6 is 0 Å². The van der Waals surface area contributed by atoms with Gasteiger partial charge in [0.25, 0.3) is 5.91 Å². The lowest BCUT2D eigenvalue weighted by Gasteiger charge is -2.12. The number of anilines is 1. The molecule has 0 aromatic heterocycles. The number of benzene rings is 2. The van der Waals surface area contributed by atoms with Crippen molar-refractivity contribution in [2.75, 3.05) is 32.8 Å². The molecule has 27 heavy (non-hydrogen) atoms. The summed E-state index contributed by atoms with van der Waals surface area (Å²) in [5.74, 6) is 0.693. The molecule has 0 spiro atoms. The van der Waals surface area contributed by atoms with Crippen molar-refractivity contribution < 1.29 is 28.5 Å². The van der Waals surface area contributed by atoms with Gasteiger partial charge in [-0.25, -0.2) is 0 Å². The molecule has 0 saturated heterocycles. The number of hydrogen-bond acceptors (Lipinski definition) is 6. The maximum atomic E-state index is 12.0. The average Bonchev–Trinajstić information content (AvgIpc) is 2.68. The highest BCUT2D eigenvalue weighted by molar-refractivity contribution is 5.94. The number of amides is 1. The van der Waals surface area contributed by atoms with Gasteiger partial charge >= 0.3 is 5.97 Å². The largest absolute Gasteiger partial charge is 0.493 e. The lowest BCUT2D eigenvalue weighted by molar-refractivity contribution is -0.146. The zero-order valence-electron chi connectivity index (χ0n) is 15.6. The van der Waals surface area contributed by atoms with Crippen LogP contribution in [0, 0.1) is 0 Å². The fourth-order valence-corrected chi connectivity index (χ4v) is 2.39. The summed E-state index contributed by atoms with van der Waals surface area (Å²) in [5, 5.41) is 2.67. The summed E-state index contributed by atoms with van der Waals surface area (Å²) in [6, 6.07) is 12.2. The topological polar surface area (TPSA) is 83.1 Å². The quantitative estimate of drug-likeness (QED) is 0.681. The van der Waals surface area contributed by atoms with E-state index in [1.165, 1.54) is 14.2 Å². The van der Waals surface area contributed by atoms with Crippen molar-refractivity contribution in [3.63, 3.8) is 0 Å². The number of esters is 1. The van der Waals surface area contributed by atoms with Gasteiger partial charge in [-0.3, -0.25) is 9.59 Å². The number of carbonyl (C=O) groups is 2. The van der Waals surface area contributed by atoms with E-state index in [1.807, 2.05) is 13.0 Å². The van der Waals surface area contributed by atoms with Crippen LogP contribution in [0.15, 0.2) is 42.5 Å². The van der Waals surface area contributed by atoms with E-state index in [9.17, 15) is 9.59 Å². The maximum Gasteiger partial charge on any atom is 0.310 e. The first-order chi connectivity index (χ1) is 13.1. The standard InChI is InChI=1S/C20H23NO6/c1-4-26-16-8-6-5-7-15(16)21-19(22)13-27-20(23)12-14-9-10-17(24-2)18(11-14)25-3/h5-11H,4,12-13H2,1-3H3,(H,21,22). The van der Waals surface area contributed by atoms with E-state index >= 15 is 0 Å². The van der Waals surface area contributed by atoms with Crippen LogP contribution in [0.4, 0.5) is 5.69 Å². The Morgan fingerprint density at radius 2 is 1.70 bits per heavy atom. The van der Waals surface area contributed by atoms with Gasteiger partial charge in [0, 0.05) is 0 Å². The van der Waals surface area contributed by atoms with Crippen LogP contribution in [-0.2, 0) is 20.7 Å². The third kappa shape index (κ3) is 5.91. The van der Waals surface area contributed by atoms with Crippen molar-refractivity contribution >= 4 is 17.6 Å². The third-order valence-corrected chi connectivity index (χ3v) is 3.62. The minimum absolute atomic E-state index is 0.0170. The number of ether oxygens (including phenoxy) is 4. The molecule has 144 valence electrons. The smallest absolute Gasteiger partial charge is 0.310 e. The Bertz CT molecular complexity index is 790. The van der Waals surface area contributed by atoms with E-state index < -0.39 is 11.9 Å². The molecular formula is C20H23NO6. The van der Waals surface area contributed by atoms with E-state index in [4.69, 9.17) is 18.9 Å². The molecule has 2 rings (SSSR count). The highest BCUT2D eigenvalue weighted by Gasteiger charge is 2.12. The lowest BCUT2D eigenvalue weighted by Crippen LogP contribution is -2.22. The van der Waals surface area contributed by atoms with Crippen LogP contribution in [0.25, 0.3) is 0 Å². The first-order valence-corrected chi connectivity index (χ1v) is 8.45. The monoisotopic (exact) mass is 373 g/mol. The Hall–Kier alpha value is -3.22. The Balaban J connectivity index is 1.87. The second kappa shape index (κ2) is 10.1. The summed E-state index contributed by atoms with van der Waals surface area (Å²) >= 11 is 0. The Kier molecular flexibility index (Phi) is 7.49. The van der Waals surface area contributed by atoms with Gasteiger partial charge in [0.1, 0.15) is 5.75 Å². The number of rotatable bonds is 9. The van der Waals surface area contributed by atoms with Crippen molar-refractivity contribution in [2.24, 2.45) is 0 Å². The normalized spacial score (nSPS) is 10.0. The van der Waals surface area contributed by atoms with Crippen LogP contribution < -0.4 is 19.5 Å². The average molecular weight is 373 g/mol. The Morgan fingerprint density at radius 1 is 0.963 bits per heavy atom. The zero-order valence-corrected chi connectivity index (χ0v) is 15.6. The summed E-state index contributed by atoms with van der Waals surface area (Å²) in [6.45, 7) is 1.95. The van der Waals surface area contributed by atoms with Gasteiger partial charge < -0.3 is 24.3 Å². The Morgan fingerprint density at radius 3 is 2.41 bits per heavy atom. The van der Waals surface area contributed by atoms with E-state index in [2.05, 4.69) is 5.32 Å². The minimum atomic E-state index is -0.518. The van der Waals surface area contributed by atoms with Crippen molar-refractivity contribution in [3.8, 4) is 17.2 Å². The van der Waals surface area contributed by atoms with Gasteiger partial charge in [0.2, 0.25) is 0 Å². The third-order valence-electron chi connectivity index (χ3n) is 3.62. The van der Waals surface area contributed by atoms with Crippen molar-refractivity contribution in [2.45, 2.75) is 13.3 Å². The summed E-state index contributed by atoms with van der Waals surface area (Å²) < 4.78 is 20.8. The summed E-state index contributed by atoms with van der Waals surface area (Å²) in [7, 11) is 3.05. The second-order valence-corrected chi connectivity index (χ2v) is 5.50. The summed E-state index contributed by atoms with van der Waals surface area (Å²) in [4.78, 5) is 24.0. The molecule has 0 heterocycles. The van der Waals surface area contributed by atoms with Crippen molar-refractivity contribution in [1.82, 2.24) is 0 Å². The van der Waals surface area contributed by atoms with E-state index in [0.717, 1.165) is 0 Å². The molecular weight excluding hydrogens is 350 g/mol. The van der Waals surface area contributed by atoms with Crippen LogP contribution in [-0.4, -0.2) is 39.3 Å². The molecule has 1 amide bonds. The fourth-order valence-electron chi connectivity index (χ4n) is 2.39. The van der Waals surface area contributed by atoms with Crippen LogP contribution in [0.3, 0.4) is 0 Å². The number of para-hydroxylation sites is 2. The number of methoxy groups -OCH3 is 2. The van der Waals surface area contributed by atoms with Crippen LogP contribution in [0.1, 0.15) is 12.5 Å². The second-order valence-electron chi connectivity index (χ2n) is 5.50. The van der Waals surface area contributed by atoms with Crippen molar-refractivity contribution in [3.05, 3.63) is 48.0 Å². The number of nitrogens with one attached hydrogen (secondary N) is 1. The van der Waals surface area contributed by atoms with Gasteiger partial charge in [0.05, 0.1) is 32.9 Å². The molecule has 0 aliphatic rings. The van der Waals surface area contributed by atoms with E-state index in [0.29, 0.717) is 35.1 Å². The predicted octanol–water partition coefficient (Wildman–Crippen LogP) is 2.83. The van der Waals surface area contributed by atoms with Gasteiger partial charge in [-0.2, -0.15) is 0 Å². The molecule has 2 aromatic carbocycles. The molecule has 7 heteroatoms. The molecule has 0 aliphatic carbocycles. The molecule has 2 aromatic rings. The molecule has 0 fully saturated rings. The highest BCUT2D eigenvalue weighted by Crippen LogP contribution is 2.27. The molecule has 0 radical (unpaired) electrons. The number of hydrogen-bond donors (Lipinski definition) is 1. The van der Waals surface area contributed by atoms with Crippen LogP contribution in [0.2, 0.25) is 0 Å². The first-order valence-electron chi connectivity index (χ1n) is 8.45. The molecule has 0 atom stereocenters. The maximum absolute atomic E-state index is 12.0. The highest BCUT2D eigenvalue weighted by atomic mass is 16.5. The van der Waals surface area contributed by atoms with E-state index in [1.54, 1.807) is 36.4 Å². The fraction of sp³-hybridized carbons (Fsp3) is 0.300. The van der Waals surface area contributed by atoms with Gasteiger partial charge in [-0.1, -0.05) is 18.2 Å². The SMILES string of the molecule is CCOc1ccccc1NC(=O)COC(=O)Cc1ccc(OC)c(OC)c1. The zero-order chi connectivity index (χ0) is 19.6. The number of carbonyl (C=O) groups excluding carboxylic acids is 2. The van der Waals surface area contributed by atoms with Crippen LogP contribution in [0.5, 0.6) is 17.2 Å². The molecule has 1 N–H and O–H groups in total. The van der Waals surface area contributed by atoms with Gasteiger partial charge in [0.15, 0.2) is 18.1 Å². The summed E-state index contributed by atoms with van der Waals surface area (Å²) in [6.07, 6.45) is 0.0170. The van der Waals surface area contributed by atoms with E-state index in [-0.39, 0.29) is 13.0 Å². The Labute approximate surface area is 158 Å². The molecule has 0 unspecified atom stereocenters. The van der Waals surface area contributed by atoms with Gasteiger partial charge in [-0.05, 0) is 36.8 Å². The first kappa shape index (κ1) is 20.1. The minimum Gasteiger partial charge on any atom is -0.493 e. The van der Waals surface area contributed by atoms with Gasteiger partial charge in [-0.15, -0.1) is 0 Å². The molecule has 0 saturated carbocycles. The lowest BCUT2D eigenvalue weighted by atomic mass is 10.1. The molecule has 0 aliphatic heterocycles. The summed E-state index contributed by atoms with van der Waals surface area (Å²) in [5.41, 5.74) is 1.22.